The summed E-state index contributed by atoms with van der Waals surface area (Å²) in [6, 6.07) is 183. The molecule has 129 heavy (non-hydrogen) atoms. The summed E-state index contributed by atoms with van der Waals surface area (Å²) >= 11 is 5.56. The smallest absolute Gasteiger partial charge is 0.0476 e. The van der Waals surface area contributed by atoms with Gasteiger partial charge in [-0.3, -0.25) is 0 Å². The second-order valence-electron chi connectivity index (χ2n) is 32.0. The first-order chi connectivity index (χ1) is 63.9. The number of fused-ring (bicyclic) bond motifs is 9. The van der Waals surface area contributed by atoms with E-state index in [2.05, 4.69) is 539 Å². The monoisotopic (exact) mass is 1700 g/mol. The van der Waals surface area contributed by atoms with E-state index in [4.69, 9.17) is 0 Å². The molecule has 20 aromatic carbocycles. The maximum absolute atomic E-state index is 2.41. The Hall–Kier alpha value is -16.1. The first kappa shape index (κ1) is 78.8. The molecule has 3 heterocycles. The van der Waals surface area contributed by atoms with Gasteiger partial charge in [-0.05, 0) is 270 Å². The van der Waals surface area contributed by atoms with E-state index in [-0.39, 0.29) is 0 Å². The second kappa shape index (κ2) is 35.5. The average Bonchev–Trinajstić information content (AvgIpc) is 1.62. The van der Waals surface area contributed by atoms with Crippen molar-refractivity contribution < 1.29 is 0 Å². The zero-order chi connectivity index (χ0) is 85.8. The van der Waals surface area contributed by atoms with Gasteiger partial charge in [0.2, 0.25) is 0 Å². The quantitative estimate of drug-likeness (QED) is 0.0709. The van der Waals surface area contributed by atoms with Gasteiger partial charge in [-0.1, -0.05) is 273 Å². The van der Waals surface area contributed by atoms with Crippen molar-refractivity contribution in [2.75, 3.05) is 29.4 Å². The summed E-state index contributed by atoms with van der Waals surface area (Å²) in [5.74, 6) is 0. The van der Waals surface area contributed by atoms with Crippen molar-refractivity contribution in [1.29, 1.82) is 0 Å². The Kier molecular flexibility index (Phi) is 21.7. The van der Waals surface area contributed by atoms with Gasteiger partial charge in [0, 0.05) is 163 Å². The molecule has 23 aromatic rings. The van der Waals surface area contributed by atoms with Gasteiger partial charge in [-0.2, -0.15) is 0 Å². The Bertz CT molecular complexity index is 7670. The molecule has 0 saturated heterocycles. The molecule has 0 amide bonds. The van der Waals surface area contributed by atoms with Gasteiger partial charge < -0.3 is 29.4 Å². The van der Waals surface area contributed by atoms with Crippen LogP contribution in [0.5, 0.6) is 0 Å². The lowest BCUT2D eigenvalue weighted by Gasteiger charge is -2.27. The topological polar surface area (TPSA) is 19.4 Å². The molecule has 0 atom stereocenters. The fourth-order valence-electron chi connectivity index (χ4n) is 17.9. The van der Waals surface area contributed by atoms with Crippen LogP contribution in [-0.2, 0) is 0 Å². The van der Waals surface area contributed by atoms with Crippen molar-refractivity contribution in [2.24, 2.45) is 0 Å². The largest absolute Gasteiger partial charge is 0.311 e. The number of anilines is 18. The highest BCUT2D eigenvalue weighted by Gasteiger charge is 2.24. The van der Waals surface area contributed by atoms with Crippen molar-refractivity contribution in [3.8, 4) is 33.4 Å². The van der Waals surface area contributed by atoms with Gasteiger partial charge in [0.05, 0.1) is 0 Å². The van der Waals surface area contributed by atoms with Gasteiger partial charge in [-0.15, -0.1) is 34.0 Å². The van der Waals surface area contributed by atoms with E-state index in [9.17, 15) is 0 Å². The lowest BCUT2D eigenvalue weighted by Crippen LogP contribution is -2.10. The Labute approximate surface area is 763 Å². The van der Waals surface area contributed by atoms with E-state index in [0.29, 0.717) is 0 Å². The summed E-state index contributed by atoms with van der Waals surface area (Å²) in [4.78, 5) is 14.1. The molecular weight excluding hydrogens is 1620 g/mol. The van der Waals surface area contributed by atoms with E-state index in [1.54, 1.807) is 0 Å². The van der Waals surface area contributed by atoms with Gasteiger partial charge in [-0.25, -0.2) is 0 Å². The van der Waals surface area contributed by atoms with Crippen LogP contribution < -0.4 is 29.4 Å². The highest BCUT2D eigenvalue weighted by atomic mass is 32.1. The third-order valence-corrected chi connectivity index (χ3v) is 27.4. The SMILES string of the molecule is c1ccc(-c2ccc(N(c3ccc(-c4cccc(N(c5ccccc5)c5ccccc5)c4)cc3)c3ccc4c(c3)sc3ccc(N(c5ccccc5)c5ccccc5)cc34)cc2)cc1.c1ccc(N(c2ccccc2)c2ccc(-c3ccc(N(c4ccc5c(c4)sc4ccccc45)c4ccc5c(c4)sc4ccc(N(c6ccccc6)c6ccccc6)cc45)cc3)cc2)cc1. The van der Waals surface area contributed by atoms with Crippen molar-refractivity contribution in [3.63, 3.8) is 0 Å². The predicted molar refractivity (Wildman–Crippen MR) is 556 cm³/mol. The third kappa shape index (κ3) is 16.1. The Morgan fingerprint density at radius 1 is 0.101 bits per heavy atom. The maximum Gasteiger partial charge on any atom is 0.0476 e. The molecule has 0 unspecified atom stereocenters. The molecule has 23 rings (SSSR count). The number of rotatable bonds is 21. The lowest BCUT2D eigenvalue weighted by atomic mass is 10.0. The highest BCUT2D eigenvalue weighted by molar-refractivity contribution is 7.26. The molecule has 0 saturated carbocycles. The van der Waals surface area contributed by atoms with Crippen LogP contribution in [0.1, 0.15) is 0 Å². The summed E-state index contributed by atoms with van der Waals surface area (Å²) in [5.41, 5.74) is 27.2. The summed E-state index contributed by atoms with van der Waals surface area (Å²) in [7, 11) is 0. The molecular formula is C120H84N6S3. The molecule has 3 aromatic heterocycles. The molecule has 9 heteroatoms. The summed E-state index contributed by atoms with van der Waals surface area (Å²) < 4.78 is 7.62. The van der Waals surface area contributed by atoms with E-state index < -0.39 is 0 Å². The number of hydrogen-bond donors (Lipinski definition) is 0. The number of para-hydroxylation sites is 8. The van der Waals surface area contributed by atoms with Crippen molar-refractivity contribution >= 4 is 197 Å². The fourth-order valence-corrected chi connectivity index (χ4v) is 21.3. The predicted octanol–water partition coefficient (Wildman–Crippen LogP) is 36.3. The molecule has 0 aliphatic heterocycles. The number of nitrogens with zero attached hydrogens (tertiary/aromatic N) is 6. The zero-order valence-electron chi connectivity index (χ0n) is 70.4. The summed E-state index contributed by atoms with van der Waals surface area (Å²) in [6.45, 7) is 0. The van der Waals surface area contributed by atoms with Gasteiger partial charge in [0.1, 0.15) is 0 Å². The minimum absolute atomic E-state index is 1.09. The van der Waals surface area contributed by atoms with Gasteiger partial charge in [0.15, 0.2) is 0 Å². The second-order valence-corrected chi connectivity index (χ2v) is 35.3. The van der Waals surface area contributed by atoms with Crippen molar-refractivity contribution in [2.45, 2.75) is 0 Å². The molecule has 0 N–H and O–H groups in total. The van der Waals surface area contributed by atoms with Crippen LogP contribution in [0.25, 0.3) is 93.9 Å². The van der Waals surface area contributed by atoms with Crippen LogP contribution in [0.2, 0.25) is 0 Å². The summed E-state index contributed by atoms with van der Waals surface area (Å²) in [5, 5.41) is 7.62. The van der Waals surface area contributed by atoms with Crippen LogP contribution in [-0.4, -0.2) is 0 Å². The molecule has 612 valence electrons. The van der Waals surface area contributed by atoms with Gasteiger partial charge in [0.25, 0.3) is 0 Å². The fraction of sp³-hybridized carbons (Fsp3) is 0. The minimum Gasteiger partial charge on any atom is -0.311 e. The van der Waals surface area contributed by atoms with Crippen molar-refractivity contribution in [3.05, 3.63) is 510 Å². The lowest BCUT2D eigenvalue weighted by molar-refractivity contribution is 1.28. The Balaban J connectivity index is 0.000000152. The van der Waals surface area contributed by atoms with E-state index >= 15 is 0 Å². The van der Waals surface area contributed by atoms with Crippen molar-refractivity contribution in [1.82, 2.24) is 0 Å². The molecule has 0 aliphatic rings. The normalized spacial score (nSPS) is 11.3. The number of hydrogen-bond acceptors (Lipinski definition) is 9. The number of benzene rings is 20. The Morgan fingerprint density at radius 3 is 0.605 bits per heavy atom. The zero-order valence-corrected chi connectivity index (χ0v) is 72.9. The molecule has 0 bridgehead atoms. The third-order valence-electron chi connectivity index (χ3n) is 24.0. The average molecular weight is 1710 g/mol. The molecule has 0 radical (unpaired) electrons. The molecule has 0 aliphatic carbocycles. The van der Waals surface area contributed by atoms with Crippen LogP contribution in [0.3, 0.4) is 0 Å². The standard InChI is InChI=1S/C60H41N3S2.C60H43N3S/c1-5-15-44(16-6-1)61(45-17-7-2-8-18-45)48-29-25-42(26-30-48)43-27-31-49(32-28-43)63(51-33-36-54-53-23-13-14-24-57(53)64-59(54)40-51)52-34-37-55-56-39-50(35-38-58(56)65-60(55)41-52)62(46-19-9-3-10-20-46)47-21-11-4-12-22-47;1-6-17-44(18-7-1)45-29-33-52(34-30-45)63(53-35-31-46(32-36-53)47-19-16-28-54(41-47)61(48-20-8-2-9-21-48)49-22-10-3-11-23-49)56-37-39-57-58-42-55(38-40-59(58)64-60(57)43-56)62(50-24-12-4-13-25-50)51-26-14-5-15-27-51/h1-41H;1-43H. The first-order valence-electron chi connectivity index (χ1n) is 43.6. The maximum atomic E-state index is 2.41. The number of thiophene rings is 3. The van der Waals surface area contributed by atoms with Crippen LogP contribution in [0.15, 0.2) is 510 Å². The molecule has 0 spiro atoms. The Morgan fingerprint density at radius 2 is 0.287 bits per heavy atom. The molecule has 6 nitrogen and oxygen atoms in total. The highest BCUT2D eigenvalue weighted by Crippen LogP contribution is 2.50. The van der Waals surface area contributed by atoms with Crippen LogP contribution in [0, 0.1) is 0 Å². The minimum atomic E-state index is 1.09. The van der Waals surface area contributed by atoms with Gasteiger partial charge >= 0.3 is 0 Å². The first-order valence-corrected chi connectivity index (χ1v) is 46.0. The van der Waals surface area contributed by atoms with E-state index in [0.717, 1.165) is 113 Å². The molecule has 0 fully saturated rings. The summed E-state index contributed by atoms with van der Waals surface area (Å²) in [6.07, 6.45) is 0. The van der Waals surface area contributed by atoms with E-state index in [1.807, 2.05) is 34.0 Å². The van der Waals surface area contributed by atoms with Crippen LogP contribution >= 0.6 is 34.0 Å². The van der Waals surface area contributed by atoms with E-state index in [1.165, 1.54) is 82.8 Å². The van der Waals surface area contributed by atoms with Crippen LogP contribution in [0.4, 0.5) is 102 Å².